The van der Waals surface area contributed by atoms with Gasteiger partial charge in [0.1, 0.15) is 5.78 Å². The maximum atomic E-state index is 10.6. The van der Waals surface area contributed by atoms with Crippen LogP contribution in [0.5, 0.6) is 0 Å². The number of allylic oxidation sites excluding steroid dienone is 1. The van der Waals surface area contributed by atoms with Gasteiger partial charge in [-0.25, -0.2) is 0 Å². The van der Waals surface area contributed by atoms with Crippen molar-refractivity contribution >= 4 is 11.5 Å². The van der Waals surface area contributed by atoms with Crippen molar-refractivity contribution in [2.24, 2.45) is 4.99 Å². The van der Waals surface area contributed by atoms with Crippen LogP contribution in [-0.4, -0.2) is 18.0 Å². The van der Waals surface area contributed by atoms with Crippen molar-refractivity contribution in [1.82, 2.24) is 0 Å². The summed E-state index contributed by atoms with van der Waals surface area (Å²) in [6.07, 6.45) is 6.62. The fourth-order valence-corrected chi connectivity index (χ4v) is 1.02. The summed E-state index contributed by atoms with van der Waals surface area (Å²) in [5.41, 5.74) is 1.08. The third kappa shape index (κ3) is 3.12. The van der Waals surface area contributed by atoms with E-state index in [9.17, 15) is 4.79 Å². The first-order valence-electron chi connectivity index (χ1n) is 3.98. The molecule has 0 radical (unpaired) electrons. The van der Waals surface area contributed by atoms with Gasteiger partial charge in [0.2, 0.25) is 0 Å². The molecule has 0 aromatic carbocycles. The molecule has 0 fully saturated rings. The van der Waals surface area contributed by atoms with Crippen LogP contribution in [0.2, 0.25) is 0 Å². The Kier molecular flexibility index (Phi) is 3.02. The second kappa shape index (κ2) is 4.06. The van der Waals surface area contributed by atoms with Crippen molar-refractivity contribution in [3.8, 4) is 0 Å². The molecule has 0 amide bonds. The highest BCUT2D eigenvalue weighted by Crippen LogP contribution is 2.02. The topological polar surface area (TPSA) is 29.4 Å². The summed E-state index contributed by atoms with van der Waals surface area (Å²) in [4.78, 5) is 14.9. The Bertz CT molecular complexity index is 204. The van der Waals surface area contributed by atoms with E-state index in [1.807, 2.05) is 6.08 Å². The summed E-state index contributed by atoms with van der Waals surface area (Å²) in [6, 6.07) is 0. The Morgan fingerprint density at radius 3 is 3.09 bits per heavy atom. The second-order valence-corrected chi connectivity index (χ2v) is 2.77. The zero-order valence-electron chi connectivity index (χ0n) is 6.84. The maximum Gasteiger partial charge on any atom is 0.130 e. The molecule has 1 heterocycles. The van der Waals surface area contributed by atoms with Crippen molar-refractivity contribution in [1.29, 1.82) is 0 Å². The van der Waals surface area contributed by atoms with E-state index in [4.69, 9.17) is 0 Å². The molecular weight excluding hydrogens is 138 g/mol. The van der Waals surface area contributed by atoms with Gasteiger partial charge in [-0.2, -0.15) is 0 Å². The van der Waals surface area contributed by atoms with E-state index in [-0.39, 0.29) is 5.78 Å². The molecular formula is C9H13NO. The Labute approximate surface area is 67.0 Å². The molecule has 0 unspecified atom stereocenters. The van der Waals surface area contributed by atoms with Gasteiger partial charge in [-0.15, -0.1) is 0 Å². The molecule has 0 bridgehead atoms. The molecule has 2 nitrogen and oxygen atoms in total. The van der Waals surface area contributed by atoms with Gasteiger partial charge in [-0.3, -0.25) is 4.99 Å². The van der Waals surface area contributed by atoms with E-state index in [1.165, 1.54) is 0 Å². The van der Waals surface area contributed by atoms with Crippen LogP contribution in [-0.2, 0) is 4.79 Å². The van der Waals surface area contributed by atoms with E-state index >= 15 is 0 Å². The molecule has 1 aliphatic rings. The summed E-state index contributed by atoms with van der Waals surface area (Å²) >= 11 is 0. The first-order chi connectivity index (χ1) is 5.29. The molecule has 60 valence electrons. The molecule has 0 atom stereocenters. The minimum absolute atomic E-state index is 0.242. The third-order valence-corrected chi connectivity index (χ3v) is 1.65. The SMILES string of the molecule is CC(=O)CCC1=NCCC=C1. The van der Waals surface area contributed by atoms with E-state index in [0.717, 1.165) is 25.1 Å². The van der Waals surface area contributed by atoms with Crippen molar-refractivity contribution in [2.45, 2.75) is 26.2 Å². The number of aliphatic imine (C=N–C) groups is 1. The van der Waals surface area contributed by atoms with Gasteiger partial charge in [-0.1, -0.05) is 6.08 Å². The molecule has 0 aromatic rings. The Hall–Kier alpha value is -0.920. The molecule has 0 aromatic heterocycles. The lowest BCUT2D eigenvalue weighted by Gasteiger charge is -2.03. The second-order valence-electron chi connectivity index (χ2n) is 2.77. The van der Waals surface area contributed by atoms with Crippen molar-refractivity contribution in [2.75, 3.05) is 6.54 Å². The average Bonchev–Trinajstić information content (AvgIpc) is 2.03. The molecule has 0 saturated carbocycles. The summed E-state index contributed by atoms with van der Waals surface area (Å²) < 4.78 is 0. The average molecular weight is 151 g/mol. The number of hydrogen-bond acceptors (Lipinski definition) is 2. The number of hydrogen-bond donors (Lipinski definition) is 0. The van der Waals surface area contributed by atoms with E-state index in [1.54, 1.807) is 6.92 Å². The van der Waals surface area contributed by atoms with Crippen LogP contribution in [0.25, 0.3) is 0 Å². The normalized spacial score (nSPS) is 16.3. The van der Waals surface area contributed by atoms with Gasteiger partial charge < -0.3 is 4.79 Å². The molecule has 11 heavy (non-hydrogen) atoms. The van der Waals surface area contributed by atoms with E-state index < -0.39 is 0 Å². The van der Waals surface area contributed by atoms with Gasteiger partial charge in [0, 0.05) is 18.7 Å². The molecule has 0 saturated heterocycles. The lowest BCUT2D eigenvalue weighted by molar-refractivity contribution is -0.116. The fourth-order valence-electron chi connectivity index (χ4n) is 1.02. The van der Waals surface area contributed by atoms with Gasteiger partial charge in [0.15, 0.2) is 0 Å². The lowest BCUT2D eigenvalue weighted by Crippen LogP contribution is -2.02. The summed E-state index contributed by atoms with van der Waals surface area (Å²) in [5, 5.41) is 0. The number of carbonyl (C=O) groups excluding carboxylic acids is 1. The zero-order valence-corrected chi connectivity index (χ0v) is 6.84. The van der Waals surface area contributed by atoms with Crippen LogP contribution in [0.1, 0.15) is 26.2 Å². The highest BCUT2D eigenvalue weighted by Gasteiger charge is 2.00. The van der Waals surface area contributed by atoms with Crippen molar-refractivity contribution < 1.29 is 4.79 Å². The zero-order chi connectivity index (χ0) is 8.10. The Morgan fingerprint density at radius 2 is 2.55 bits per heavy atom. The Balaban J connectivity index is 2.31. The van der Waals surface area contributed by atoms with Crippen LogP contribution in [0.4, 0.5) is 0 Å². The van der Waals surface area contributed by atoms with Crippen molar-refractivity contribution in [3.05, 3.63) is 12.2 Å². The largest absolute Gasteiger partial charge is 0.300 e. The standard InChI is InChI=1S/C9H13NO/c1-8(11)5-6-9-4-2-3-7-10-9/h2,4H,3,5-7H2,1H3. The smallest absolute Gasteiger partial charge is 0.130 e. The number of nitrogens with zero attached hydrogens (tertiary/aromatic N) is 1. The summed E-state index contributed by atoms with van der Waals surface area (Å²) in [5.74, 6) is 0.242. The highest BCUT2D eigenvalue weighted by molar-refractivity contribution is 5.97. The minimum Gasteiger partial charge on any atom is -0.300 e. The highest BCUT2D eigenvalue weighted by atomic mass is 16.1. The first kappa shape index (κ1) is 8.18. The predicted molar refractivity (Wildman–Crippen MR) is 46.0 cm³/mol. The van der Waals surface area contributed by atoms with Gasteiger partial charge >= 0.3 is 0 Å². The molecule has 2 heteroatoms. The molecule has 0 aliphatic carbocycles. The monoisotopic (exact) mass is 151 g/mol. The number of ketones is 1. The summed E-state index contributed by atoms with van der Waals surface area (Å²) in [6.45, 7) is 2.51. The van der Waals surface area contributed by atoms with Crippen LogP contribution in [0, 0.1) is 0 Å². The fraction of sp³-hybridized carbons (Fsp3) is 0.556. The van der Waals surface area contributed by atoms with Crippen molar-refractivity contribution in [3.63, 3.8) is 0 Å². The molecule has 0 N–H and O–H groups in total. The number of carbonyl (C=O) groups is 1. The van der Waals surface area contributed by atoms with Crippen LogP contribution < -0.4 is 0 Å². The number of rotatable bonds is 3. The number of dihydropyridines is 1. The van der Waals surface area contributed by atoms with Gasteiger partial charge in [-0.05, 0) is 25.8 Å². The molecule has 1 aliphatic heterocycles. The third-order valence-electron chi connectivity index (χ3n) is 1.65. The quantitative estimate of drug-likeness (QED) is 0.604. The lowest BCUT2D eigenvalue weighted by atomic mass is 10.1. The first-order valence-corrected chi connectivity index (χ1v) is 3.98. The van der Waals surface area contributed by atoms with E-state index in [0.29, 0.717) is 6.42 Å². The van der Waals surface area contributed by atoms with Gasteiger partial charge in [0.05, 0.1) is 0 Å². The van der Waals surface area contributed by atoms with Crippen LogP contribution in [0.15, 0.2) is 17.1 Å². The molecule has 1 rings (SSSR count). The maximum absolute atomic E-state index is 10.6. The predicted octanol–water partition coefficient (Wildman–Crippen LogP) is 1.76. The summed E-state index contributed by atoms with van der Waals surface area (Å²) in [7, 11) is 0. The minimum atomic E-state index is 0.242. The number of Topliss-reactive ketones (excluding diaryl/α,β-unsaturated/α-hetero) is 1. The Morgan fingerprint density at radius 1 is 1.73 bits per heavy atom. The van der Waals surface area contributed by atoms with Crippen LogP contribution >= 0.6 is 0 Å². The van der Waals surface area contributed by atoms with E-state index in [2.05, 4.69) is 11.1 Å². The van der Waals surface area contributed by atoms with Crippen LogP contribution in [0.3, 0.4) is 0 Å². The van der Waals surface area contributed by atoms with Gasteiger partial charge in [0.25, 0.3) is 0 Å². The molecule has 0 spiro atoms.